The standard InChI is InChI=1S/C14H25N3O4S/c1-3-14(4-2)10-15-13(19)12(14)16-11(18)6-8-17-7-5-9-22(17,20)21/h12H,3-10H2,1-2H3,(H,15,19)(H,16,18). The van der Waals surface area contributed by atoms with Gasteiger partial charge in [-0.3, -0.25) is 9.59 Å². The Hall–Kier alpha value is -1.15. The van der Waals surface area contributed by atoms with E-state index in [2.05, 4.69) is 10.6 Å². The summed E-state index contributed by atoms with van der Waals surface area (Å²) in [6.45, 7) is 5.27. The Balaban J connectivity index is 1.92. The van der Waals surface area contributed by atoms with Crippen LogP contribution < -0.4 is 10.6 Å². The van der Waals surface area contributed by atoms with Gasteiger partial charge >= 0.3 is 0 Å². The Morgan fingerprint density at radius 3 is 2.64 bits per heavy atom. The number of nitrogens with zero attached hydrogens (tertiary/aromatic N) is 1. The van der Waals surface area contributed by atoms with Crippen LogP contribution in [0.25, 0.3) is 0 Å². The molecule has 2 aliphatic rings. The van der Waals surface area contributed by atoms with E-state index < -0.39 is 16.1 Å². The first-order valence-corrected chi connectivity index (χ1v) is 9.50. The molecule has 2 amide bonds. The highest BCUT2D eigenvalue weighted by Crippen LogP contribution is 2.34. The van der Waals surface area contributed by atoms with E-state index in [1.807, 2.05) is 13.8 Å². The molecule has 126 valence electrons. The molecule has 0 saturated carbocycles. The van der Waals surface area contributed by atoms with Crippen LogP contribution in [0.2, 0.25) is 0 Å². The molecular weight excluding hydrogens is 306 g/mol. The van der Waals surface area contributed by atoms with E-state index in [1.54, 1.807) is 0 Å². The first-order valence-electron chi connectivity index (χ1n) is 7.89. The lowest BCUT2D eigenvalue weighted by Crippen LogP contribution is -2.49. The van der Waals surface area contributed by atoms with E-state index in [4.69, 9.17) is 0 Å². The summed E-state index contributed by atoms with van der Waals surface area (Å²) in [7, 11) is -3.18. The molecule has 2 N–H and O–H groups in total. The summed E-state index contributed by atoms with van der Waals surface area (Å²) in [5.41, 5.74) is -0.244. The predicted octanol–water partition coefficient (Wildman–Crippen LogP) is -0.167. The molecule has 0 aromatic heterocycles. The average Bonchev–Trinajstić information content (AvgIpc) is 2.98. The van der Waals surface area contributed by atoms with E-state index in [0.29, 0.717) is 19.5 Å². The van der Waals surface area contributed by atoms with Gasteiger partial charge < -0.3 is 10.6 Å². The molecule has 1 atom stereocenters. The summed E-state index contributed by atoms with van der Waals surface area (Å²) in [5.74, 6) is -0.254. The minimum absolute atomic E-state index is 0.0898. The van der Waals surface area contributed by atoms with Crippen molar-refractivity contribution in [2.45, 2.75) is 45.6 Å². The van der Waals surface area contributed by atoms with Crippen LogP contribution in [0.3, 0.4) is 0 Å². The number of hydrogen-bond acceptors (Lipinski definition) is 4. The molecule has 2 saturated heterocycles. The molecule has 1 unspecified atom stereocenters. The van der Waals surface area contributed by atoms with Crippen molar-refractivity contribution in [3.05, 3.63) is 0 Å². The number of carbonyl (C=O) groups excluding carboxylic acids is 2. The highest BCUT2D eigenvalue weighted by atomic mass is 32.2. The number of carbonyl (C=O) groups is 2. The fraction of sp³-hybridized carbons (Fsp3) is 0.857. The van der Waals surface area contributed by atoms with Gasteiger partial charge in [-0.1, -0.05) is 13.8 Å². The highest BCUT2D eigenvalue weighted by molar-refractivity contribution is 7.89. The van der Waals surface area contributed by atoms with Crippen LogP contribution in [-0.2, 0) is 19.6 Å². The summed E-state index contributed by atoms with van der Waals surface area (Å²) in [6.07, 6.45) is 2.30. The number of nitrogens with one attached hydrogen (secondary N) is 2. The lowest BCUT2D eigenvalue weighted by molar-refractivity contribution is -0.129. The van der Waals surface area contributed by atoms with Crippen LogP contribution in [0.15, 0.2) is 0 Å². The zero-order chi connectivity index (χ0) is 16.4. The van der Waals surface area contributed by atoms with Crippen molar-refractivity contribution in [3.8, 4) is 0 Å². The van der Waals surface area contributed by atoms with Crippen LogP contribution >= 0.6 is 0 Å². The van der Waals surface area contributed by atoms with Crippen molar-refractivity contribution >= 4 is 21.8 Å². The van der Waals surface area contributed by atoms with Gasteiger partial charge in [-0.05, 0) is 19.3 Å². The van der Waals surface area contributed by atoms with E-state index in [1.165, 1.54) is 4.31 Å². The Labute approximate surface area is 131 Å². The number of rotatable bonds is 6. The molecule has 2 fully saturated rings. The van der Waals surface area contributed by atoms with Crippen LogP contribution in [0.1, 0.15) is 39.5 Å². The second-order valence-electron chi connectivity index (χ2n) is 6.11. The zero-order valence-corrected chi connectivity index (χ0v) is 14.0. The smallest absolute Gasteiger partial charge is 0.243 e. The molecule has 0 aromatic rings. The number of sulfonamides is 1. The van der Waals surface area contributed by atoms with Crippen LogP contribution in [0.4, 0.5) is 0 Å². The fourth-order valence-electron chi connectivity index (χ4n) is 3.27. The van der Waals surface area contributed by atoms with Gasteiger partial charge in [0.25, 0.3) is 0 Å². The maximum Gasteiger partial charge on any atom is 0.243 e. The fourth-order valence-corrected chi connectivity index (χ4v) is 4.80. The summed E-state index contributed by atoms with van der Waals surface area (Å²) in [5, 5.41) is 5.62. The minimum Gasteiger partial charge on any atom is -0.354 e. The Morgan fingerprint density at radius 1 is 1.41 bits per heavy atom. The molecule has 2 heterocycles. The van der Waals surface area contributed by atoms with Crippen molar-refractivity contribution in [2.24, 2.45) is 5.41 Å². The van der Waals surface area contributed by atoms with E-state index in [9.17, 15) is 18.0 Å². The molecule has 0 spiro atoms. The topological polar surface area (TPSA) is 95.6 Å². The summed E-state index contributed by atoms with van der Waals surface area (Å²) >= 11 is 0. The van der Waals surface area contributed by atoms with Gasteiger partial charge in [0.15, 0.2) is 0 Å². The van der Waals surface area contributed by atoms with Crippen molar-refractivity contribution in [3.63, 3.8) is 0 Å². The van der Waals surface area contributed by atoms with Crippen molar-refractivity contribution in [2.75, 3.05) is 25.4 Å². The minimum atomic E-state index is -3.18. The molecule has 0 aliphatic carbocycles. The first kappa shape index (κ1) is 17.2. The van der Waals surface area contributed by atoms with E-state index in [0.717, 1.165) is 12.8 Å². The third kappa shape index (κ3) is 3.27. The van der Waals surface area contributed by atoms with Gasteiger partial charge in [0.2, 0.25) is 21.8 Å². The number of hydrogen-bond donors (Lipinski definition) is 2. The van der Waals surface area contributed by atoms with Gasteiger partial charge in [0.05, 0.1) is 5.75 Å². The normalized spacial score (nSPS) is 26.8. The second-order valence-corrected chi connectivity index (χ2v) is 8.19. The first-order chi connectivity index (χ1) is 10.3. The van der Waals surface area contributed by atoms with Crippen LogP contribution in [0, 0.1) is 5.41 Å². The van der Waals surface area contributed by atoms with Crippen LogP contribution in [0.5, 0.6) is 0 Å². The molecule has 2 aliphatic heterocycles. The van der Waals surface area contributed by atoms with E-state index in [-0.39, 0.29) is 35.9 Å². The Morgan fingerprint density at radius 2 is 2.09 bits per heavy atom. The van der Waals surface area contributed by atoms with Gasteiger partial charge in [-0.15, -0.1) is 0 Å². The monoisotopic (exact) mass is 331 g/mol. The summed E-state index contributed by atoms with van der Waals surface area (Å²) in [4.78, 5) is 24.1. The quantitative estimate of drug-likeness (QED) is 0.706. The van der Waals surface area contributed by atoms with Gasteiger partial charge in [0.1, 0.15) is 6.04 Å². The average molecular weight is 331 g/mol. The SMILES string of the molecule is CCC1(CC)CNC(=O)C1NC(=O)CCN1CCCS1(=O)=O. The van der Waals surface area contributed by atoms with Gasteiger partial charge in [-0.25, -0.2) is 12.7 Å². The van der Waals surface area contributed by atoms with Crippen molar-refractivity contribution in [1.82, 2.24) is 14.9 Å². The molecule has 7 nitrogen and oxygen atoms in total. The molecule has 0 bridgehead atoms. The highest BCUT2D eigenvalue weighted by Gasteiger charge is 2.46. The third-order valence-corrected chi connectivity index (χ3v) is 6.95. The lowest BCUT2D eigenvalue weighted by atomic mass is 9.77. The van der Waals surface area contributed by atoms with Gasteiger partial charge in [-0.2, -0.15) is 0 Å². The second kappa shape index (κ2) is 6.54. The third-order valence-electron chi connectivity index (χ3n) is 4.99. The molecule has 2 rings (SSSR count). The molecular formula is C14H25N3O4S. The largest absolute Gasteiger partial charge is 0.354 e. The molecule has 22 heavy (non-hydrogen) atoms. The maximum absolute atomic E-state index is 12.1. The van der Waals surface area contributed by atoms with Gasteiger partial charge in [0, 0.05) is 31.5 Å². The molecule has 8 heteroatoms. The summed E-state index contributed by atoms with van der Waals surface area (Å²) < 4.78 is 24.7. The van der Waals surface area contributed by atoms with E-state index >= 15 is 0 Å². The summed E-state index contributed by atoms with van der Waals surface area (Å²) in [6, 6.07) is -0.523. The Kier molecular flexibility index (Phi) is 5.11. The van der Waals surface area contributed by atoms with Crippen LogP contribution in [-0.4, -0.2) is 56.0 Å². The lowest BCUT2D eigenvalue weighted by Gasteiger charge is -2.31. The number of amides is 2. The maximum atomic E-state index is 12.1. The van der Waals surface area contributed by atoms with Crippen molar-refractivity contribution < 1.29 is 18.0 Å². The molecule has 0 aromatic carbocycles. The molecule has 0 radical (unpaired) electrons. The van der Waals surface area contributed by atoms with Crippen molar-refractivity contribution in [1.29, 1.82) is 0 Å². The predicted molar refractivity (Wildman–Crippen MR) is 82.5 cm³/mol. The Bertz CT molecular complexity index is 542. The zero-order valence-electron chi connectivity index (χ0n) is 13.2.